The maximum absolute atomic E-state index is 14.0. The van der Waals surface area contributed by atoms with E-state index in [2.05, 4.69) is 24.3 Å². The standard InChI is InChI=1S/C37H28N2O4S2/c1-2-42-36(41)32-33(26-11-4-3-5-12-26)38-37-39(34(32)30-16-9-21-44-30)35(40)31(45-37)22-24-17-19-28(20-18-24)43-23-27-14-8-13-25-10-6-7-15-29(25)27/h3-22,34H,2,23H2,1H3/b31-22+/t34-/m0/s1. The van der Waals surface area contributed by atoms with Crippen molar-refractivity contribution in [3.63, 3.8) is 0 Å². The molecule has 7 rings (SSSR count). The predicted octanol–water partition coefficient (Wildman–Crippen LogP) is 6.73. The highest BCUT2D eigenvalue weighted by atomic mass is 32.1. The van der Waals surface area contributed by atoms with E-state index in [1.807, 2.05) is 96.4 Å². The summed E-state index contributed by atoms with van der Waals surface area (Å²) in [5.74, 6) is 0.262. The number of carbonyl (C=O) groups excluding carboxylic acids is 1. The van der Waals surface area contributed by atoms with Crippen LogP contribution in [0.5, 0.6) is 5.75 Å². The third-order valence-electron chi connectivity index (χ3n) is 7.64. The zero-order valence-corrected chi connectivity index (χ0v) is 26.0. The highest BCUT2D eigenvalue weighted by molar-refractivity contribution is 7.10. The number of nitrogens with zero attached hydrogens (tertiary/aromatic N) is 2. The summed E-state index contributed by atoms with van der Waals surface area (Å²) >= 11 is 2.81. The first-order valence-corrected chi connectivity index (χ1v) is 16.3. The van der Waals surface area contributed by atoms with E-state index < -0.39 is 12.0 Å². The predicted molar refractivity (Wildman–Crippen MR) is 180 cm³/mol. The average Bonchev–Trinajstić information content (AvgIpc) is 3.72. The Balaban J connectivity index is 1.25. The molecule has 0 amide bonds. The summed E-state index contributed by atoms with van der Waals surface area (Å²) in [5, 5.41) is 4.30. The van der Waals surface area contributed by atoms with Crippen molar-refractivity contribution >= 4 is 51.2 Å². The lowest BCUT2D eigenvalue weighted by molar-refractivity contribution is -0.138. The molecular weight excluding hydrogens is 601 g/mol. The van der Waals surface area contributed by atoms with Crippen LogP contribution in [0.15, 0.2) is 130 Å². The molecule has 3 heterocycles. The molecule has 0 N–H and O–H groups in total. The van der Waals surface area contributed by atoms with Crippen molar-refractivity contribution in [2.75, 3.05) is 6.61 Å². The molecule has 0 aliphatic carbocycles. The van der Waals surface area contributed by atoms with Crippen molar-refractivity contribution < 1.29 is 14.3 Å². The number of hydrogen-bond donors (Lipinski definition) is 0. The van der Waals surface area contributed by atoms with Gasteiger partial charge in [-0.1, -0.05) is 102 Å². The molecule has 0 saturated carbocycles. The fourth-order valence-corrected chi connectivity index (χ4v) is 7.37. The van der Waals surface area contributed by atoms with E-state index in [-0.39, 0.29) is 12.2 Å². The highest BCUT2D eigenvalue weighted by Crippen LogP contribution is 2.36. The molecule has 0 spiro atoms. The maximum Gasteiger partial charge on any atom is 0.338 e. The van der Waals surface area contributed by atoms with Crippen LogP contribution in [0.1, 0.15) is 34.5 Å². The fraction of sp³-hybridized carbons (Fsp3) is 0.108. The molecule has 0 bridgehead atoms. The van der Waals surface area contributed by atoms with Crippen molar-refractivity contribution in [1.82, 2.24) is 4.57 Å². The number of thiazole rings is 1. The van der Waals surface area contributed by atoms with E-state index >= 15 is 0 Å². The first-order chi connectivity index (χ1) is 22.1. The molecule has 6 nitrogen and oxygen atoms in total. The zero-order valence-electron chi connectivity index (χ0n) is 24.4. The molecular formula is C37H28N2O4S2. The lowest BCUT2D eigenvalue weighted by Gasteiger charge is -2.24. The quantitative estimate of drug-likeness (QED) is 0.175. The van der Waals surface area contributed by atoms with E-state index in [1.165, 1.54) is 33.4 Å². The van der Waals surface area contributed by atoms with Crippen molar-refractivity contribution in [1.29, 1.82) is 0 Å². The van der Waals surface area contributed by atoms with Crippen LogP contribution >= 0.6 is 22.7 Å². The maximum atomic E-state index is 14.0. The third kappa shape index (κ3) is 5.66. The number of carbonyl (C=O) groups is 1. The summed E-state index contributed by atoms with van der Waals surface area (Å²) in [7, 11) is 0. The van der Waals surface area contributed by atoms with Gasteiger partial charge in [-0.15, -0.1) is 11.3 Å². The van der Waals surface area contributed by atoms with Gasteiger partial charge in [-0.3, -0.25) is 9.36 Å². The van der Waals surface area contributed by atoms with E-state index in [1.54, 1.807) is 11.5 Å². The SMILES string of the molecule is CCOC(=O)C1=C(c2ccccc2)N=c2s/c(=C/c3ccc(OCc4cccc5ccccc45)cc3)c(=O)n2[C@H]1c1cccs1. The molecule has 1 atom stereocenters. The molecule has 0 saturated heterocycles. The summed E-state index contributed by atoms with van der Waals surface area (Å²) in [5.41, 5.74) is 3.44. The second kappa shape index (κ2) is 12.5. The van der Waals surface area contributed by atoms with Gasteiger partial charge in [0.1, 0.15) is 18.4 Å². The van der Waals surface area contributed by atoms with Crippen LogP contribution in [0.2, 0.25) is 0 Å². The van der Waals surface area contributed by atoms with Gasteiger partial charge in [0, 0.05) is 10.4 Å². The van der Waals surface area contributed by atoms with Crippen LogP contribution in [-0.4, -0.2) is 17.1 Å². The molecule has 4 aromatic carbocycles. The van der Waals surface area contributed by atoms with Gasteiger partial charge >= 0.3 is 5.97 Å². The van der Waals surface area contributed by atoms with Gasteiger partial charge in [0.2, 0.25) is 0 Å². The van der Waals surface area contributed by atoms with Crippen LogP contribution < -0.4 is 19.6 Å². The Hall–Kier alpha value is -5.05. The van der Waals surface area contributed by atoms with Crippen molar-refractivity contribution in [3.8, 4) is 5.75 Å². The summed E-state index contributed by atoms with van der Waals surface area (Å²) in [4.78, 5) is 33.8. The summed E-state index contributed by atoms with van der Waals surface area (Å²) in [6, 6.07) is 35.0. The van der Waals surface area contributed by atoms with Crippen molar-refractivity contribution in [2.24, 2.45) is 4.99 Å². The number of benzene rings is 4. The average molecular weight is 629 g/mol. The molecule has 0 unspecified atom stereocenters. The molecule has 0 radical (unpaired) electrons. The number of ether oxygens (including phenoxy) is 2. The number of aromatic nitrogens is 1. The highest BCUT2D eigenvalue weighted by Gasteiger charge is 2.35. The van der Waals surface area contributed by atoms with Crippen LogP contribution in [-0.2, 0) is 16.1 Å². The number of esters is 1. The zero-order chi connectivity index (χ0) is 30.8. The summed E-state index contributed by atoms with van der Waals surface area (Å²) < 4.78 is 13.8. The Morgan fingerprint density at radius 3 is 2.47 bits per heavy atom. The second-order valence-electron chi connectivity index (χ2n) is 10.4. The molecule has 45 heavy (non-hydrogen) atoms. The van der Waals surface area contributed by atoms with Crippen LogP contribution in [0, 0.1) is 0 Å². The van der Waals surface area contributed by atoms with Crippen molar-refractivity contribution in [3.05, 3.63) is 161 Å². The molecule has 1 aliphatic rings. The lowest BCUT2D eigenvalue weighted by atomic mass is 9.97. The van der Waals surface area contributed by atoms with Gasteiger partial charge < -0.3 is 9.47 Å². The molecule has 8 heteroatoms. The van der Waals surface area contributed by atoms with Crippen LogP contribution in [0.3, 0.4) is 0 Å². The number of rotatable bonds is 8. The normalized spacial score (nSPS) is 14.7. The first-order valence-electron chi connectivity index (χ1n) is 14.6. The first kappa shape index (κ1) is 28.7. The molecule has 1 aliphatic heterocycles. The number of fused-ring (bicyclic) bond motifs is 2. The molecule has 0 fully saturated rings. The van der Waals surface area contributed by atoms with Crippen LogP contribution in [0.25, 0.3) is 22.5 Å². The van der Waals surface area contributed by atoms with Crippen molar-refractivity contribution in [2.45, 2.75) is 19.6 Å². The van der Waals surface area contributed by atoms with Gasteiger partial charge in [-0.05, 0) is 58.5 Å². The van der Waals surface area contributed by atoms with Crippen LogP contribution in [0.4, 0.5) is 0 Å². The molecule has 2 aromatic heterocycles. The third-order valence-corrected chi connectivity index (χ3v) is 9.55. The van der Waals surface area contributed by atoms with Gasteiger partial charge in [0.05, 0.1) is 22.4 Å². The molecule has 6 aromatic rings. The minimum absolute atomic E-state index is 0.206. The molecule has 222 valence electrons. The second-order valence-corrected chi connectivity index (χ2v) is 12.4. The van der Waals surface area contributed by atoms with E-state index in [4.69, 9.17) is 14.5 Å². The van der Waals surface area contributed by atoms with Gasteiger partial charge in [0.15, 0.2) is 4.80 Å². The Labute approximate surface area is 267 Å². The van der Waals surface area contributed by atoms with Gasteiger partial charge in [0.25, 0.3) is 5.56 Å². The lowest BCUT2D eigenvalue weighted by Crippen LogP contribution is -2.39. The number of thiophene rings is 1. The number of hydrogen-bond acceptors (Lipinski definition) is 7. The fourth-order valence-electron chi connectivity index (χ4n) is 5.55. The summed E-state index contributed by atoms with van der Waals surface area (Å²) in [6.07, 6.45) is 1.86. The van der Waals surface area contributed by atoms with E-state index in [0.717, 1.165) is 27.3 Å². The minimum atomic E-state index is -0.650. The van der Waals surface area contributed by atoms with Gasteiger partial charge in [-0.2, -0.15) is 0 Å². The monoisotopic (exact) mass is 628 g/mol. The van der Waals surface area contributed by atoms with E-state index in [0.29, 0.717) is 27.2 Å². The van der Waals surface area contributed by atoms with Gasteiger partial charge in [-0.25, -0.2) is 9.79 Å². The van der Waals surface area contributed by atoms with E-state index in [9.17, 15) is 9.59 Å². The minimum Gasteiger partial charge on any atom is -0.489 e. The smallest absolute Gasteiger partial charge is 0.338 e. The largest absolute Gasteiger partial charge is 0.489 e. The Morgan fingerprint density at radius 2 is 1.69 bits per heavy atom. The summed E-state index contributed by atoms with van der Waals surface area (Å²) in [6.45, 7) is 2.44. The Kier molecular flexibility index (Phi) is 7.98. The Bertz CT molecular complexity index is 2210. The Morgan fingerprint density at radius 1 is 0.911 bits per heavy atom. The topological polar surface area (TPSA) is 69.9 Å².